The maximum absolute atomic E-state index is 11.5. The monoisotopic (exact) mass is 361 g/mol. The molecule has 1 aliphatic carbocycles. The van der Waals surface area contributed by atoms with Crippen LogP contribution < -0.4 is 0 Å². The average molecular weight is 362 g/mol. The third-order valence-corrected chi connectivity index (χ3v) is 7.63. The second-order valence-corrected chi connectivity index (χ2v) is 9.92. The Morgan fingerprint density at radius 2 is 1.67 bits per heavy atom. The molecule has 2 aliphatic heterocycles. The molecule has 0 aromatic heterocycles. The quantitative estimate of drug-likeness (QED) is 0.725. The van der Waals surface area contributed by atoms with Crippen LogP contribution in [0.15, 0.2) is 42.5 Å². The van der Waals surface area contributed by atoms with Crippen molar-refractivity contribution in [2.75, 3.05) is 13.1 Å². The van der Waals surface area contributed by atoms with E-state index < -0.39 is 5.60 Å². The van der Waals surface area contributed by atoms with Gasteiger partial charge >= 0.3 is 0 Å². The van der Waals surface area contributed by atoms with Crippen LogP contribution >= 0.6 is 0 Å². The van der Waals surface area contributed by atoms with Crippen LogP contribution in [-0.2, 0) is 12.8 Å². The van der Waals surface area contributed by atoms with Gasteiger partial charge in [-0.3, -0.25) is 4.90 Å². The summed E-state index contributed by atoms with van der Waals surface area (Å²) in [5, 5.41) is 11.5. The average Bonchev–Trinajstić information content (AvgIpc) is 2.80. The molecule has 0 spiro atoms. The highest BCUT2D eigenvalue weighted by atomic mass is 16.3. The lowest BCUT2D eigenvalue weighted by Gasteiger charge is -2.53. The second kappa shape index (κ2) is 5.93. The van der Waals surface area contributed by atoms with Crippen molar-refractivity contribution in [1.82, 2.24) is 4.90 Å². The van der Waals surface area contributed by atoms with Gasteiger partial charge in [0.1, 0.15) is 0 Å². The summed E-state index contributed by atoms with van der Waals surface area (Å²) >= 11 is 0. The van der Waals surface area contributed by atoms with Gasteiger partial charge < -0.3 is 5.11 Å². The van der Waals surface area contributed by atoms with Gasteiger partial charge in [0.15, 0.2) is 0 Å². The minimum absolute atomic E-state index is 0.0890. The first-order valence-corrected chi connectivity index (χ1v) is 10.5. The highest BCUT2D eigenvalue weighted by molar-refractivity contribution is 5.51. The number of piperidine rings is 1. The van der Waals surface area contributed by atoms with Crippen LogP contribution in [0.2, 0.25) is 0 Å². The van der Waals surface area contributed by atoms with Crippen molar-refractivity contribution in [2.24, 2.45) is 5.41 Å². The molecule has 2 heterocycles. The van der Waals surface area contributed by atoms with Gasteiger partial charge in [-0.05, 0) is 58.9 Å². The number of hydrogen-bond donors (Lipinski definition) is 1. The third-order valence-electron chi connectivity index (χ3n) is 7.63. The zero-order chi connectivity index (χ0) is 18.8. The largest absolute Gasteiger partial charge is 0.389 e. The standard InChI is InChI=1S/C25H31NO/c1-24(2,3)25(27)13-14-26-16-21-19-9-5-4-7-17(19)11-12-18-8-6-10-20(23(18)21)22(26)15-25/h4-10,21-22,27H,11-16H2,1-3H3/t21-,22-,25?/m0/s1. The normalized spacial score (nSPS) is 30.1. The minimum atomic E-state index is -0.591. The first-order valence-electron chi connectivity index (χ1n) is 10.5. The molecule has 0 radical (unpaired) electrons. The molecule has 142 valence electrons. The first-order chi connectivity index (χ1) is 12.9. The van der Waals surface area contributed by atoms with E-state index in [0.29, 0.717) is 12.0 Å². The molecule has 0 amide bonds. The lowest BCUT2D eigenvalue weighted by Crippen LogP contribution is -2.55. The summed E-state index contributed by atoms with van der Waals surface area (Å²) in [6, 6.07) is 16.3. The Morgan fingerprint density at radius 1 is 0.963 bits per heavy atom. The SMILES string of the molecule is CC(C)(C)C1(O)CCN2C[C@H]3c4ccccc4CCc4cccc(c43)[C@@H]2C1. The summed E-state index contributed by atoms with van der Waals surface area (Å²) in [5.41, 5.74) is 6.94. The van der Waals surface area contributed by atoms with Crippen LogP contribution in [0.4, 0.5) is 0 Å². The van der Waals surface area contributed by atoms with E-state index in [1.807, 2.05) is 0 Å². The van der Waals surface area contributed by atoms with E-state index >= 15 is 0 Å². The van der Waals surface area contributed by atoms with E-state index in [1.165, 1.54) is 22.3 Å². The van der Waals surface area contributed by atoms with Crippen LogP contribution in [0, 0.1) is 5.41 Å². The lowest BCUT2D eigenvalue weighted by atomic mass is 9.66. The summed E-state index contributed by atoms with van der Waals surface area (Å²) in [6.45, 7) is 8.65. The van der Waals surface area contributed by atoms with Crippen molar-refractivity contribution >= 4 is 0 Å². The zero-order valence-electron chi connectivity index (χ0n) is 16.8. The molecular weight excluding hydrogens is 330 g/mol. The molecular formula is C25H31NO. The molecule has 3 aliphatic rings. The van der Waals surface area contributed by atoms with Crippen LogP contribution in [0.25, 0.3) is 0 Å². The number of nitrogens with zero attached hydrogens (tertiary/aromatic N) is 1. The van der Waals surface area contributed by atoms with Crippen molar-refractivity contribution < 1.29 is 5.11 Å². The van der Waals surface area contributed by atoms with Gasteiger partial charge in [-0.15, -0.1) is 0 Å². The van der Waals surface area contributed by atoms with Crippen molar-refractivity contribution in [2.45, 2.75) is 64.0 Å². The molecule has 2 aromatic carbocycles. The Morgan fingerprint density at radius 3 is 2.48 bits per heavy atom. The molecule has 27 heavy (non-hydrogen) atoms. The summed E-state index contributed by atoms with van der Waals surface area (Å²) in [6.07, 6.45) is 3.99. The van der Waals surface area contributed by atoms with E-state index in [0.717, 1.165) is 38.8 Å². The van der Waals surface area contributed by atoms with E-state index in [-0.39, 0.29) is 5.41 Å². The third kappa shape index (κ3) is 2.61. The Kier molecular flexibility index (Phi) is 3.83. The molecule has 1 N–H and O–H groups in total. The van der Waals surface area contributed by atoms with E-state index in [1.54, 1.807) is 5.56 Å². The van der Waals surface area contributed by atoms with Crippen molar-refractivity contribution in [1.29, 1.82) is 0 Å². The topological polar surface area (TPSA) is 23.5 Å². The van der Waals surface area contributed by atoms with Crippen LogP contribution in [0.3, 0.4) is 0 Å². The number of fused-ring (bicyclic) bond motifs is 4. The number of benzene rings is 2. The number of aryl methyl sites for hydroxylation is 2. The fraction of sp³-hybridized carbons (Fsp3) is 0.520. The van der Waals surface area contributed by atoms with Crippen molar-refractivity contribution in [3.8, 4) is 0 Å². The van der Waals surface area contributed by atoms with Gasteiger partial charge in [0.05, 0.1) is 5.60 Å². The van der Waals surface area contributed by atoms with Crippen LogP contribution in [-0.4, -0.2) is 28.7 Å². The molecule has 2 nitrogen and oxygen atoms in total. The van der Waals surface area contributed by atoms with Gasteiger partial charge in [-0.1, -0.05) is 63.2 Å². The van der Waals surface area contributed by atoms with Gasteiger partial charge in [-0.25, -0.2) is 0 Å². The highest BCUT2D eigenvalue weighted by Gasteiger charge is 2.49. The smallest absolute Gasteiger partial charge is 0.0726 e. The summed E-state index contributed by atoms with van der Waals surface area (Å²) < 4.78 is 0. The predicted molar refractivity (Wildman–Crippen MR) is 110 cm³/mol. The van der Waals surface area contributed by atoms with E-state index in [4.69, 9.17) is 0 Å². The molecule has 1 saturated heterocycles. The number of hydrogen-bond acceptors (Lipinski definition) is 2. The Hall–Kier alpha value is -1.64. The maximum atomic E-state index is 11.5. The first kappa shape index (κ1) is 17.5. The highest BCUT2D eigenvalue weighted by Crippen LogP contribution is 2.51. The molecule has 2 aromatic rings. The minimum Gasteiger partial charge on any atom is -0.389 e. The molecule has 5 rings (SSSR count). The van der Waals surface area contributed by atoms with Gasteiger partial charge in [0.25, 0.3) is 0 Å². The number of rotatable bonds is 0. The Labute approximate surface area is 163 Å². The van der Waals surface area contributed by atoms with Crippen molar-refractivity contribution in [3.63, 3.8) is 0 Å². The number of aliphatic hydroxyl groups is 1. The second-order valence-electron chi connectivity index (χ2n) is 9.92. The molecule has 3 atom stereocenters. The lowest BCUT2D eigenvalue weighted by molar-refractivity contribution is -0.119. The molecule has 1 fully saturated rings. The van der Waals surface area contributed by atoms with Gasteiger partial charge in [0, 0.05) is 25.0 Å². The van der Waals surface area contributed by atoms with Gasteiger partial charge in [0.2, 0.25) is 0 Å². The van der Waals surface area contributed by atoms with E-state index in [9.17, 15) is 5.11 Å². The summed E-state index contributed by atoms with van der Waals surface area (Å²) in [5.74, 6) is 0.479. The summed E-state index contributed by atoms with van der Waals surface area (Å²) in [4.78, 5) is 2.65. The zero-order valence-corrected chi connectivity index (χ0v) is 16.8. The molecule has 2 heteroatoms. The van der Waals surface area contributed by atoms with Crippen LogP contribution in [0.1, 0.15) is 73.4 Å². The molecule has 1 unspecified atom stereocenters. The fourth-order valence-corrected chi connectivity index (χ4v) is 5.76. The summed E-state index contributed by atoms with van der Waals surface area (Å²) in [7, 11) is 0. The Bertz CT molecular complexity index is 880. The van der Waals surface area contributed by atoms with Crippen molar-refractivity contribution in [3.05, 3.63) is 70.3 Å². The van der Waals surface area contributed by atoms with Gasteiger partial charge in [-0.2, -0.15) is 0 Å². The molecule has 0 bridgehead atoms. The van der Waals surface area contributed by atoms with E-state index in [2.05, 4.69) is 68.1 Å². The fourth-order valence-electron chi connectivity index (χ4n) is 5.76. The predicted octanol–water partition coefficient (Wildman–Crippen LogP) is 4.84. The van der Waals surface area contributed by atoms with Crippen LogP contribution in [0.5, 0.6) is 0 Å². The molecule has 0 saturated carbocycles. The maximum Gasteiger partial charge on any atom is 0.0726 e. The Balaban J connectivity index is 1.64.